The molecule has 2 heterocycles. The highest BCUT2D eigenvalue weighted by atomic mass is 127. The van der Waals surface area contributed by atoms with Gasteiger partial charge in [0.2, 0.25) is 0 Å². The van der Waals surface area contributed by atoms with E-state index >= 15 is 0 Å². The van der Waals surface area contributed by atoms with Crippen molar-refractivity contribution in [2.75, 3.05) is 18.0 Å². The van der Waals surface area contributed by atoms with E-state index in [1.807, 2.05) is 12.1 Å². The number of piperidine rings is 1. The average molecular weight is 347 g/mol. The molecule has 92 valence electrons. The van der Waals surface area contributed by atoms with Crippen LogP contribution in [0.5, 0.6) is 0 Å². The molecular formula is C11H14IN3O2. The van der Waals surface area contributed by atoms with Gasteiger partial charge in [0, 0.05) is 19.5 Å². The topological polar surface area (TPSA) is 66.3 Å². The molecular weight excluding hydrogens is 333 g/mol. The molecule has 0 bridgehead atoms. The zero-order valence-electron chi connectivity index (χ0n) is 9.34. The van der Waals surface area contributed by atoms with Gasteiger partial charge >= 0.3 is 5.97 Å². The van der Waals surface area contributed by atoms with Crippen LogP contribution in [0.3, 0.4) is 0 Å². The number of hydrogen-bond donors (Lipinski definition) is 1. The van der Waals surface area contributed by atoms with Crippen LogP contribution in [-0.2, 0) is 4.79 Å². The molecule has 17 heavy (non-hydrogen) atoms. The summed E-state index contributed by atoms with van der Waals surface area (Å²) in [6, 6.07) is 3.90. The molecule has 0 aliphatic carbocycles. The normalized spacial score (nSPS) is 17.1. The first-order chi connectivity index (χ1) is 8.15. The SMILES string of the molecule is O=C(O)CC1CCN(c2ccc(I)nn2)CC1. The van der Waals surface area contributed by atoms with Crippen LogP contribution in [0.4, 0.5) is 5.82 Å². The standard InChI is InChI=1S/C11H14IN3O2/c12-9-1-2-10(14-13-9)15-5-3-8(4-6-15)7-11(16)17/h1-2,8H,3-7H2,(H,16,17). The monoisotopic (exact) mass is 347 g/mol. The molecule has 0 saturated carbocycles. The first-order valence-electron chi connectivity index (χ1n) is 5.61. The lowest BCUT2D eigenvalue weighted by molar-refractivity contribution is -0.138. The van der Waals surface area contributed by atoms with Gasteiger partial charge in [-0.1, -0.05) is 0 Å². The van der Waals surface area contributed by atoms with Crippen LogP contribution < -0.4 is 4.90 Å². The van der Waals surface area contributed by atoms with Crippen molar-refractivity contribution in [2.24, 2.45) is 5.92 Å². The van der Waals surface area contributed by atoms with Gasteiger partial charge in [0.05, 0.1) is 0 Å². The molecule has 0 amide bonds. The second-order valence-corrected chi connectivity index (χ2v) is 5.35. The van der Waals surface area contributed by atoms with Crippen LogP contribution in [0.2, 0.25) is 0 Å². The fourth-order valence-electron chi connectivity index (χ4n) is 2.09. The summed E-state index contributed by atoms with van der Waals surface area (Å²) in [5.41, 5.74) is 0. The van der Waals surface area contributed by atoms with E-state index in [-0.39, 0.29) is 6.42 Å². The summed E-state index contributed by atoms with van der Waals surface area (Å²) < 4.78 is 0.882. The van der Waals surface area contributed by atoms with Gasteiger partial charge in [0.15, 0.2) is 5.82 Å². The van der Waals surface area contributed by atoms with Crippen LogP contribution in [0.15, 0.2) is 12.1 Å². The maximum absolute atomic E-state index is 10.6. The molecule has 1 aliphatic rings. The zero-order valence-corrected chi connectivity index (χ0v) is 11.5. The highest BCUT2D eigenvalue weighted by Crippen LogP contribution is 2.23. The molecule has 1 aromatic rings. The number of anilines is 1. The third-order valence-electron chi connectivity index (χ3n) is 3.02. The minimum absolute atomic E-state index is 0.284. The van der Waals surface area contributed by atoms with Gasteiger partial charge in [-0.05, 0) is 53.5 Å². The molecule has 0 atom stereocenters. The second kappa shape index (κ2) is 5.61. The summed E-state index contributed by atoms with van der Waals surface area (Å²) in [4.78, 5) is 12.8. The first-order valence-corrected chi connectivity index (χ1v) is 6.69. The molecule has 1 aromatic heterocycles. The molecule has 0 radical (unpaired) electrons. The van der Waals surface area contributed by atoms with Crippen molar-refractivity contribution < 1.29 is 9.90 Å². The quantitative estimate of drug-likeness (QED) is 0.845. The van der Waals surface area contributed by atoms with Gasteiger partial charge in [-0.2, -0.15) is 0 Å². The molecule has 0 spiro atoms. The molecule has 0 aromatic carbocycles. The van der Waals surface area contributed by atoms with Gasteiger partial charge in [-0.15, -0.1) is 10.2 Å². The van der Waals surface area contributed by atoms with E-state index in [2.05, 4.69) is 37.7 Å². The van der Waals surface area contributed by atoms with Crippen LogP contribution >= 0.6 is 22.6 Å². The van der Waals surface area contributed by atoms with Crippen molar-refractivity contribution in [3.63, 3.8) is 0 Å². The Kier molecular flexibility index (Phi) is 4.14. The van der Waals surface area contributed by atoms with Crippen LogP contribution in [0, 0.1) is 9.62 Å². The molecule has 2 rings (SSSR count). The van der Waals surface area contributed by atoms with Gasteiger partial charge < -0.3 is 10.0 Å². The van der Waals surface area contributed by atoms with E-state index in [9.17, 15) is 4.79 Å². The molecule has 6 heteroatoms. The lowest BCUT2D eigenvalue weighted by Gasteiger charge is -2.31. The Morgan fingerprint density at radius 1 is 1.41 bits per heavy atom. The van der Waals surface area contributed by atoms with E-state index in [1.165, 1.54) is 0 Å². The largest absolute Gasteiger partial charge is 0.481 e. The van der Waals surface area contributed by atoms with Crippen molar-refractivity contribution in [2.45, 2.75) is 19.3 Å². The molecule has 1 fully saturated rings. The summed E-state index contributed by atoms with van der Waals surface area (Å²) in [5.74, 6) is 0.497. The van der Waals surface area contributed by atoms with Crippen molar-refractivity contribution in [1.82, 2.24) is 10.2 Å². The number of carbonyl (C=O) groups is 1. The highest BCUT2D eigenvalue weighted by molar-refractivity contribution is 14.1. The summed E-state index contributed by atoms with van der Waals surface area (Å²) in [6.45, 7) is 1.74. The van der Waals surface area contributed by atoms with Crippen LogP contribution in [0.25, 0.3) is 0 Å². The Labute approximate surface area is 113 Å². The molecule has 1 N–H and O–H groups in total. The predicted octanol–water partition coefficient (Wildman–Crippen LogP) is 1.77. The number of hydrogen-bond acceptors (Lipinski definition) is 4. The molecule has 1 saturated heterocycles. The number of nitrogens with zero attached hydrogens (tertiary/aromatic N) is 3. The number of rotatable bonds is 3. The lowest BCUT2D eigenvalue weighted by Crippen LogP contribution is -2.35. The minimum Gasteiger partial charge on any atom is -0.481 e. The summed E-state index contributed by atoms with van der Waals surface area (Å²) in [6.07, 6.45) is 2.12. The number of aliphatic carboxylic acids is 1. The number of carboxylic acid groups (broad SMARTS) is 1. The smallest absolute Gasteiger partial charge is 0.303 e. The Balaban J connectivity index is 1.90. The summed E-state index contributed by atoms with van der Waals surface area (Å²) in [7, 11) is 0. The van der Waals surface area contributed by atoms with E-state index in [4.69, 9.17) is 5.11 Å². The molecule has 0 unspecified atom stereocenters. The fraction of sp³-hybridized carbons (Fsp3) is 0.545. The van der Waals surface area contributed by atoms with Gasteiger partial charge in [-0.3, -0.25) is 4.79 Å². The van der Waals surface area contributed by atoms with Gasteiger partial charge in [0.1, 0.15) is 3.70 Å². The van der Waals surface area contributed by atoms with Crippen LogP contribution in [0.1, 0.15) is 19.3 Å². The Bertz CT molecular complexity index is 388. The van der Waals surface area contributed by atoms with Crippen molar-refractivity contribution in [1.29, 1.82) is 0 Å². The number of aromatic nitrogens is 2. The Morgan fingerprint density at radius 3 is 2.65 bits per heavy atom. The van der Waals surface area contributed by atoms with Gasteiger partial charge in [0.25, 0.3) is 0 Å². The molecule has 5 nitrogen and oxygen atoms in total. The zero-order chi connectivity index (χ0) is 12.3. The van der Waals surface area contributed by atoms with Crippen molar-refractivity contribution >= 4 is 34.4 Å². The third-order valence-corrected chi connectivity index (χ3v) is 3.60. The Hall–Kier alpha value is -0.920. The van der Waals surface area contributed by atoms with E-state index < -0.39 is 5.97 Å². The number of carboxylic acids is 1. The average Bonchev–Trinajstić information content (AvgIpc) is 2.30. The summed E-state index contributed by atoms with van der Waals surface area (Å²) >= 11 is 2.13. The predicted molar refractivity (Wildman–Crippen MR) is 71.9 cm³/mol. The number of halogens is 1. The van der Waals surface area contributed by atoms with E-state index in [0.29, 0.717) is 5.92 Å². The Morgan fingerprint density at radius 2 is 2.12 bits per heavy atom. The maximum atomic E-state index is 10.6. The highest BCUT2D eigenvalue weighted by Gasteiger charge is 2.22. The fourth-order valence-corrected chi connectivity index (χ4v) is 2.38. The maximum Gasteiger partial charge on any atom is 0.303 e. The van der Waals surface area contributed by atoms with Crippen molar-refractivity contribution in [3.05, 3.63) is 15.8 Å². The minimum atomic E-state index is -0.697. The van der Waals surface area contributed by atoms with Gasteiger partial charge in [-0.25, -0.2) is 0 Å². The first kappa shape index (κ1) is 12.5. The van der Waals surface area contributed by atoms with Crippen molar-refractivity contribution in [3.8, 4) is 0 Å². The van der Waals surface area contributed by atoms with Crippen LogP contribution in [-0.4, -0.2) is 34.4 Å². The lowest BCUT2D eigenvalue weighted by atomic mass is 9.94. The third kappa shape index (κ3) is 3.52. The second-order valence-electron chi connectivity index (χ2n) is 4.24. The van der Waals surface area contributed by atoms with E-state index in [0.717, 1.165) is 35.4 Å². The summed E-state index contributed by atoms with van der Waals surface area (Å²) in [5, 5.41) is 16.9. The molecule has 1 aliphatic heterocycles. The van der Waals surface area contributed by atoms with E-state index in [1.54, 1.807) is 0 Å².